The van der Waals surface area contributed by atoms with Crippen LogP contribution in [0.25, 0.3) is 5.57 Å². The summed E-state index contributed by atoms with van der Waals surface area (Å²) in [5.41, 5.74) is 11.5. The van der Waals surface area contributed by atoms with Crippen LogP contribution in [0.15, 0.2) is 54.7 Å². The van der Waals surface area contributed by atoms with E-state index in [4.69, 9.17) is 22.3 Å². The van der Waals surface area contributed by atoms with Gasteiger partial charge in [-0.2, -0.15) is 0 Å². The van der Waals surface area contributed by atoms with Gasteiger partial charge in [-0.15, -0.1) is 0 Å². The number of phenols is 1. The number of phenolic OH excluding ortho intramolecular Hbond substituents is 1. The number of allylic oxidation sites excluding steroid dienone is 1. The molecule has 1 aromatic heterocycles. The Bertz CT molecular complexity index is 1160. The van der Waals surface area contributed by atoms with Crippen LogP contribution < -0.4 is 16.0 Å². The van der Waals surface area contributed by atoms with Crippen molar-refractivity contribution < 1.29 is 5.11 Å². The maximum Gasteiger partial charge on any atom is 0.227 e. The van der Waals surface area contributed by atoms with Crippen molar-refractivity contribution in [3.63, 3.8) is 0 Å². The van der Waals surface area contributed by atoms with Gasteiger partial charge in [0.1, 0.15) is 5.75 Å². The molecule has 6 nitrogen and oxygen atoms in total. The summed E-state index contributed by atoms with van der Waals surface area (Å²) in [6.45, 7) is 5.89. The number of rotatable bonds is 6. The van der Waals surface area contributed by atoms with Crippen molar-refractivity contribution in [3.05, 3.63) is 76.6 Å². The first-order chi connectivity index (χ1) is 16.0. The van der Waals surface area contributed by atoms with Gasteiger partial charge in [-0.05, 0) is 49.4 Å². The number of hydrogen-bond donors (Lipinski definition) is 3. The summed E-state index contributed by atoms with van der Waals surface area (Å²) in [5.74, 6) is 0.514. The number of nitrogens with two attached hydrogens (primary N) is 1. The summed E-state index contributed by atoms with van der Waals surface area (Å²) < 4.78 is 0. The van der Waals surface area contributed by atoms with Crippen molar-refractivity contribution >= 4 is 34.5 Å². The first-order valence-corrected chi connectivity index (χ1v) is 11.8. The van der Waals surface area contributed by atoms with Crippen LogP contribution >= 0.6 is 11.6 Å². The van der Waals surface area contributed by atoms with E-state index in [0.29, 0.717) is 22.4 Å². The highest BCUT2D eigenvalue weighted by atomic mass is 35.5. The monoisotopic (exact) mass is 463 g/mol. The molecule has 0 radical (unpaired) electrons. The zero-order valence-corrected chi connectivity index (χ0v) is 19.8. The van der Waals surface area contributed by atoms with Gasteiger partial charge in [-0.1, -0.05) is 48.9 Å². The molecule has 33 heavy (non-hydrogen) atoms. The third kappa shape index (κ3) is 5.13. The summed E-state index contributed by atoms with van der Waals surface area (Å²) in [7, 11) is 0. The summed E-state index contributed by atoms with van der Waals surface area (Å²) >= 11 is 6.51. The van der Waals surface area contributed by atoms with E-state index >= 15 is 0 Å². The van der Waals surface area contributed by atoms with Gasteiger partial charge in [0.25, 0.3) is 0 Å². The number of aromatic nitrogens is 2. The molecule has 0 amide bonds. The van der Waals surface area contributed by atoms with Gasteiger partial charge in [-0.25, -0.2) is 9.97 Å². The average molecular weight is 464 g/mol. The molecular formula is C26H30ClN5O. The van der Waals surface area contributed by atoms with Crippen LogP contribution in [0, 0.1) is 0 Å². The van der Waals surface area contributed by atoms with E-state index in [1.54, 1.807) is 12.3 Å². The first kappa shape index (κ1) is 23.1. The Hall–Kier alpha value is -3.09. The second kappa shape index (κ2) is 10.2. The molecule has 1 aliphatic rings. The summed E-state index contributed by atoms with van der Waals surface area (Å²) in [6.07, 6.45) is 6.42. The van der Waals surface area contributed by atoms with Gasteiger partial charge >= 0.3 is 0 Å². The van der Waals surface area contributed by atoms with Gasteiger partial charge in [0, 0.05) is 36.5 Å². The molecule has 0 bridgehead atoms. The molecular weight excluding hydrogens is 434 g/mol. The number of nitrogens with zero attached hydrogens (tertiary/aromatic N) is 3. The Morgan fingerprint density at radius 2 is 2.00 bits per heavy atom. The number of aryl methyl sites for hydroxylation is 1. The minimum Gasteiger partial charge on any atom is -0.506 e. The Morgan fingerprint density at radius 3 is 2.70 bits per heavy atom. The number of hydrogen-bond acceptors (Lipinski definition) is 6. The smallest absolute Gasteiger partial charge is 0.227 e. The highest BCUT2D eigenvalue weighted by Gasteiger charge is 2.18. The fraction of sp³-hybridized carbons (Fsp3) is 0.308. The molecule has 0 unspecified atom stereocenters. The Labute approximate surface area is 200 Å². The standard InChI is InChI=1S/C26H30ClN5O/c1-3-17-7-5-6-8-21(17)20(4-2)25-22(27)16-29-26(31-25)30-23-10-9-19(15-24(23)33)32-13-11-18(28)12-14-32/h4-10,15-16,18,33H,3,11-14,28H2,1-2H3,(H,29,30,31)/b20-4+. The second-order valence-electron chi connectivity index (χ2n) is 8.25. The average Bonchev–Trinajstić information content (AvgIpc) is 2.83. The minimum absolute atomic E-state index is 0.144. The van der Waals surface area contributed by atoms with E-state index in [9.17, 15) is 5.11 Å². The normalized spacial score (nSPS) is 15.0. The van der Waals surface area contributed by atoms with E-state index in [1.807, 2.05) is 37.3 Å². The number of anilines is 3. The lowest BCUT2D eigenvalue weighted by molar-refractivity contribution is 0.475. The maximum atomic E-state index is 10.7. The summed E-state index contributed by atoms with van der Waals surface area (Å²) in [6, 6.07) is 14.1. The maximum absolute atomic E-state index is 10.7. The third-order valence-corrected chi connectivity index (χ3v) is 6.39. The van der Waals surface area contributed by atoms with Crippen molar-refractivity contribution in [2.24, 2.45) is 5.73 Å². The molecule has 0 atom stereocenters. The van der Waals surface area contributed by atoms with E-state index in [2.05, 4.69) is 34.3 Å². The molecule has 3 aromatic rings. The van der Waals surface area contributed by atoms with Crippen molar-refractivity contribution in [2.75, 3.05) is 23.3 Å². The third-order valence-electron chi connectivity index (χ3n) is 6.11. The quantitative estimate of drug-likeness (QED) is 0.417. The van der Waals surface area contributed by atoms with Gasteiger partial charge in [-0.3, -0.25) is 0 Å². The lowest BCUT2D eigenvalue weighted by Gasteiger charge is -2.32. The number of piperidine rings is 1. The molecule has 2 aromatic carbocycles. The Morgan fingerprint density at radius 1 is 1.24 bits per heavy atom. The molecule has 172 valence electrons. The summed E-state index contributed by atoms with van der Waals surface area (Å²) in [5, 5.41) is 14.3. The highest BCUT2D eigenvalue weighted by Crippen LogP contribution is 2.34. The van der Waals surface area contributed by atoms with Crippen LogP contribution in [0.4, 0.5) is 17.3 Å². The lowest BCUT2D eigenvalue weighted by atomic mass is 9.95. The predicted octanol–water partition coefficient (Wildman–Crippen LogP) is 5.52. The van der Waals surface area contributed by atoms with Crippen LogP contribution in [0.1, 0.15) is 43.5 Å². The molecule has 4 N–H and O–H groups in total. The molecule has 1 aliphatic heterocycles. The van der Waals surface area contributed by atoms with E-state index in [1.165, 1.54) is 5.56 Å². The number of aromatic hydroxyl groups is 1. The predicted molar refractivity (Wildman–Crippen MR) is 136 cm³/mol. The Balaban J connectivity index is 1.59. The number of benzene rings is 2. The van der Waals surface area contributed by atoms with Crippen LogP contribution in [-0.2, 0) is 6.42 Å². The molecule has 2 heterocycles. The Kier molecular flexibility index (Phi) is 7.16. The van der Waals surface area contributed by atoms with Crippen LogP contribution in [-0.4, -0.2) is 34.2 Å². The van der Waals surface area contributed by atoms with Crippen molar-refractivity contribution in [2.45, 2.75) is 39.2 Å². The van der Waals surface area contributed by atoms with E-state index in [-0.39, 0.29) is 11.8 Å². The highest BCUT2D eigenvalue weighted by molar-refractivity contribution is 6.32. The first-order valence-electron chi connectivity index (χ1n) is 11.4. The molecule has 1 fully saturated rings. The number of nitrogens with one attached hydrogen (secondary N) is 1. The topological polar surface area (TPSA) is 87.3 Å². The van der Waals surface area contributed by atoms with Crippen molar-refractivity contribution in [3.8, 4) is 5.75 Å². The van der Waals surface area contributed by atoms with Crippen LogP contribution in [0.2, 0.25) is 5.02 Å². The van der Waals surface area contributed by atoms with Gasteiger partial charge in [0.2, 0.25) is 5.95 Å². The van der Waals surface area contributed by atoms with Gasteiger partial charge in [0.15, 0.2) is 0 Å². The van der Waals surface area contributed by atoms with Crippen molar-refractivity contribution in [1.82, 2.24) is 9.97 Å². The molecule has 0 spiro atoms. The molecule has 0 aliphatic carbocycles. The second-order valence-corrected chi connectivity index (χ2v) is 8.66. The molecule has 4 rings (SSSR count). The molecule has 1 saturated heterocycles. The lowest BCUT2D eigenvalue weighted by Crippen LogP contribution is -2.39. The van der Waals surface area contributed by atoms with E-state index in [0.717, 1.165) is 49.2 Å². The van der Waals surface area contributed by atoms with Crippen LogP contribution in [0.5, 0.6) is 5.75 Å². The zero-order chi connectivity index (χ0) is 23.4. The van der Waals surface area contributed by atoms with Crippen molar-refractivity contribution in [1.29, 1.82) is 0 Å². The largest absolute Gasteiger partial charge is 0.506 e. The van der Waals surface area contributed by atoms with Gasteiger partial charge < -0.3 is 21.1 Å². The summed E-state index contributed by atoms with van der Waals surface area (Å²) in [4.78, 5) is 11.3. The van der Waals surface area contributed by atoms with E-state index < -0.39 is 0 Å². The van der Waals surface area contributed by atoms with Crippen LogP contribution in [0.3, 0.4) is 0 Å². The van der Waals surface area contributed by atoms with Gasteiger partial charge in [0.05, 0.1) is 22.6 Å². The minimum atomic E-state index is 0.144. The number of halogens is 1. The molecule has 7 heteroatoms. The fourth-order valence-electron chi connectivity index (χ4n) is 4.23. The zero-order valence-electron chi connectivity index (χ0n) is 19.1. The molecule has 0 saturated carbocycles. The SMILES string of the molecule is C/C=C(\c1ccccc1CC)c1nc(Nc2ccc(N3CCC(N)CC3)cc2O)ncc1Cl. The fourth-order valence-corrected chi connectivity index (χ4v) is 4.42.